The van der Waals surface area contributed by atoms with Gasteiger partial charge in [0.05, 0.1) is 20.9 Å². The normalized spacial score (nSPS) is 11.0. The van der Waals surface area contributed by atoms with E-state index in [1.54, 1.807) is 17.4 Å². The molecule has 0 radical (unpaired) electrons. The standard InChI is InChI=1S/C22H20N4O2S/c1-3-15-4-6-16(7-5-15)18-9-11-22(28)26(25-18)13-21(27)24-17-8-10-20-19(12-17)23-14(2)29-20/h4-12H,3,13H2,1-2H3,(H,24,27). The van der Waals surface area contributed by atoms with Gasteiger partial charge in [0.15, 0.2) is 0 Å². The minimum Gasteiger partial charge on any atom is -0.324 e. The first-order valence-corrected chi connectivity index (χ1v) is 10.2. The van der Waals surface area contributed by atoms with Crippen molar-refractivity contribution in [3.8, 4) is 11.3 Å². The Hall–Kier alpha value is -3.32. The van der Waals surface area contributed by atoms with Crippen molar-refractivity contribution in [2.45, 2.75) is 26.8 Å². The second kappa shape index (κ2) is 7.97. The number of hydrogen-bond acceptors (Lipinski definition) is 5. The number of nitrogens with one attached hydrogen (secondary N) is 1. The van der Waals surface area contributed by atoms with E-state index in [-0.39, 0.29) is 18.0 Å². The van der Waals surface area contributed by atoms with Crippen LogP contribution in [0, 0.1) is 6.92 Å². The van der Waals surface area contributed by atoms with Gasteiger partial charge in [-0.15, -0.1) is 11.3 Å². The average Bonchev–Trinajstić information content (AvgIpc) is 3.09. The van der Waals surface area contributed by atoms with Crippen LogP contribution in [0.25, 0.3) is 21.5 Å². The monoisotopic (exact) mass is 404 g/mol. The molecule has 1 amide bonds. The van der Waals surface area contributed by atoms with Gasteiger partial charge in [-0.05, 0) is 43.2 Å². The average molecular weight is 404 g/mol. The summed E-state index contributed by atoms with van der Waals surface area (Å²) in [5, 5.41) is 8.16. The fourth-order valence-corrected chi connectivity index (χ4v) is 3.89. The van der Waals surface area contributed by atoms with Gasteiger partial charge in [0.2, 0.25) is 5.91 Å². The third-order valence-corrected chi connectivity index (χ3v) is 5.55. The lowest BCUT2D eigenvalue weighted by molar-refractivity contribution is -0.117. The molecule has 0 bridgehead atoms. The lowest BCUT2D eigenvalue weighted by Crippen LogP contribution is -2.29. The molecule has 1 N–H and O–H groups in total. The number of thiazole rings is 1. The molecule has 0 aliphatic heterocycles. The number of fused-ring (bicyclic) bond motifs is 1. The zero-order chi connectivity index (χ0) is 20.4. The predicted octanol–water partition coefficient (Wildman–Crippen LogP) is 4.03. The first-order chi connectivity index (χ1) is 14.0. The highest BCUT2D eigenvalue weighted by Gasteiger charge is 2.10. The quantitative estimate of drug-likeness (QED) is 0.545. The Morgan fingerprint density at radius 1 is 1.10 bits per heavy atom. The van der Waals surface area contributed by atoms with Gasteiger partial charge in [-0.1, -0.05) is 31.2 Å². The number of carbonyl (C=O) groups is 1. The van der Waals surface area contributed by atoms with Crippen LogP contribution in [0.1, 0.15) is 17.5 Å². The van der Waals surface area contributed by atoms with Gasteiger partial charge >= 0.3 is 0 Å². The number of carbonyl (C=O) groups excluding carboxylic acids is 1. The Morgan fingerprint density at radius 2 is 1.90 bits per heavy atom. The Bertz CT molecular complexity index is 1240. The summed E-state index contributed by atoms with van der Waals surface area (Å²) in [5.74, 6) is -0.315. The van der Waals surface area contributed by atoms with E-state index in [1.807, 2.05) is 49.4 Å². The van der Waals surface area contributed by atoms with E-state index in [1.165, 1.54) is 16.3 Å². The molecule has 0 fully saturated rings. The fraction of sp³-hybridized carbons (Fsp3) is 0.182. The largest absolute Gasteiger partial charge is 0.324 e. The van der Waals surface area contributed by atoms with Crippen molar-refractivity contribution in [1.29, 1.82) is 0 Å². The molecule has 2 aromatic heterocycles. The minimum absolute atomic E-state index is 0.159. The van der Waals surface area contributed by atoms with Crippen molar-refractivity contribution in [3.05, 3.63) is 75.5 Å². The molecule has 0 atom stereocenters. The molecule has 0 saturated heterocycles. The van der Waals surface area contributed by atoms with Gasteiger partial charge < -0.3 is 5.32 Å². The summed E-state index contributed by atoms with van der Waals surface area (Å²) < 4.78 is 2.25. The zero-order valence-corrected chi connectivity index (χ0v) is 17.0. The Balaban J connectivity index is 1.52. The summed E-state index contributed by atoms with van der Waals surface area (Å²) in [5.41, 5.74) is 3.96. The smallest absolute Gasteiger partial charge is 0.267 e. The van der Waals surface area contributed by atoms with Crippen LogP contribution in [-0.4, -0.2) is 20.7 Å². The summed E-state index contributed by atoms with van der Waals surface area (Å²) in [6.07, 6.45) is 0.958. The SMILES string of the molecule is CCc1ccc(-c2ccc(=O)n(CC(=O)Nc3ccc4sc(C)nc4c3)n2)cc1. The molecule has 0 aliphatic carbocycles. The molecular formula is C22H20N4O2S. The van der Waals surface area contributed by atoms with Crippen molar-refractivity contribution >= 4 is 33.1 Å². The van der Waals surface area contributed by atoms with Gasteiger partial charge in [-0.3, -0.25) is 9.59 Å². The van der Waals surface area contributed by atoms with Crippen LogP contribution >= 0.6 is 11.3 Å². The number of anilines is 1. The third-order valence-electron chi connectivity index (χ3n) is 4.60. The lowest BCUT2D eigenvalue weighted by Gasteiger charge is -2.09. The number of hydrogen-bond donors (Lipinski definition) is 1. The highest BCUT2D eigenvalue weighted by molar-refractivity contribution is 7.18. The van der Waals surface area contributed by atoms with Gasteiger partial charge in [-0.2, -0.15) is 5.10 Å². The summed E-state index contributed by atoms with van der Waals surface area (Å²) in [6, 6.07) is 16.7. The second-order valence-electron chi connectivity index (χ2n) is 6.73. The topological polar surface area (TPSA) is 76.9 Å². The van der Waals surface area contributed by atoms with E-state index < -0.39 is 0 Å². The maximum absolute atomic E-state index is 12.5. The molecule has 0 aliphatic rings. The first kappa shape index (κ1) is 19.0. The Morgan fingerprint density at radius 3 is 2.66 bits per heavy atom. The molecule has 2 aromatic carbocycles. The van der Waals surface area contributed by atoms with Gasteiger partial charge in [0, 0.05) is 17.3 Å². The molecule has 7 heteroatoms. The molecule has 6 nitrogen and oxygen atoms in total. The molecule has 29 heavy (non-hydrogen) atoms. The fourth-order valence-electron chi connectivity index (χ4n) is 3.08. The molecule has 0 unspecified atom stereocenters. The minimum atomic E-state index is -0.320. The summed E-state index contributed by atoms with van der Waals surface area (Å²) in [6.45, 7) is 3.89. The highest BCUT2D eigenvalue weighted by Crippen LogP contribution is 2.24. The van der Waals surface area contributed by atoms with Crippen molar-refractivity contribution in [1.82, 2.24) is 14.8 Å². The summed E-state index contributed by atoms with van der Waals surface area (Å²) >= 11 is 1.61. The van der Waals surface area contributed by atoms with E-state index in [9.17, 15) is 9.59 Å². The number of aromatic nitrogens is 3. The number of amides is 1. The van der Waals surface area contributed by atoms with E-state index in [0.29, 0.717) is 11.4 Å². The number of rotatable bonds is 5. The number of aryl methyl sites for hydroxylation is 2. The van der Waals surface area contributed by atoms with Crippen molar-refractivity contribution in [3.63, 3.8) is 0 Å². The van der Waals surface area contributed by atoms with Crippen LogP contribution in [0.15, 0.2) is 59.4 Å². The van der Waals surface area contributed by atoms with Crippen LogP contribution in [-0.2, 0) is 17.8 Å². The maximum atomic E-state index is 12.5. The van der Waals surface area contributed by atoms with Crippen molar-refractivity contribution in [2.75, 3.05) is 5.32 Å². The highest BCUT2D eigenvalue weighted by atomic mass is 32.1. The van der Waals surface area contributed by atoms with E-state index in [4.69, 9.17) is 0 Å². The van der Waals surface area contributed by atoms with Gasteiger partial charge in [-0.25, -0.2) is 9.67 Å². The molecule has 2 heterocycles. The number of benzene rings is 2. The second-order valence-corrected chi connectivity index (χ2v) is 7.96. The van der Waals surface area contributed by atoms with Crippen LogP contribution in [0.4, 0.5) is 5.69 Å². The Labute approximate surface area is 171 Å². The van der Waals surface area contributed by atoms with E-state index in [2.05, 4.69) is 22.3 Å². The molecule has 0 saturated carbocycles. The van der Waals surface area contributed by atoms with E-state index in [0.717, 1.165) is 27.2 Å². The predicted molar refractivity (Wildman–Crippen MR) is 116 cm³/mol. The molecule has 0 spiro atoms. The summed E-state index contributed by atoms with van der Waals surface area (Å²) in [7, 11) is 0. The Kier molecular flexibility index (Phi) is 5.22. The first-order valence-electron chi connectivity index (χ1n) is 9.36. The van der Waals surface area contributed by atoms with Gasteiger partial charge in [0.1, 0.15) is 6.54 Å². The molecular weight excluding hydrogens is 384 g/mol. The number of nitrogens with zero attached hydrogens (tertiary/aromatic N) is 3. The third kappa shape index (κ3) is 4.25. The molecule has 4 rings (SSSR count). The molecule has 4 aromatic rings. The van der Waals surface area contributed by atoms with Crippen molar-refractivity contribution < 1.29 is 4.79 Å². The van der Waals surface area contributed by atoms with Crippen LogP contribution in [0.2, 0.25) is 0 Å². The van der Waals surface area contributed by atoms with Crippen LogP contribution in [0.3, 0.4) is 0 Å². The summed E-state index contributed by atoms with van der Waals surface area (Å²) in [4.78, 5) is 29.1. The maximum Gasteiger partial charge on any atom is 0.267 e. The van der Waals surface area contributed by atoms with Crippen LogP contribution < -0.4 is 10.9 Å². The van der Waals surface area contributed by atoms with Gasteiger partial charge in [0.25, 0.3) is 5.56 Å². The zero-order valence-electron chi connectivity index (χ0n) is 16.2. The van der Waals surface area contributed by atoms with Crippen LogP contribution in [0.5, 0.6) is 0 Å². The molecule has 146 valence electrons. The lowest BCUT2D eigenvalue weighted by atomic mass is 10.1. The van der Waals surface area contributed by atoms with E-state index >= 15 is 0 Å². The van der Waals surface area contributed by atoms with Crippen molar-refractivity contribution in [2.24, 2.45) is 0 Å².